The number of aryl methyl sites for hydroxylation is 1. The van der Waals surface area contributed by atoms with Gasteiger partial charge in [-0.05, 0) is 38.2 Å². The fourth-order valence-electron chi connectivity index (χ4n) is 3.20. The molecule has 22 heavy (non-hydrogen) atoms. The molecular weight excluding hydrogens is 284 g/mol. The Bertz CT molecular complexity index is 577. The summed E-state index contributed by atoms with van der Waals surface area (Å²) in [7, 11) is 1.76. The van der Waals surface area contributed by atoms with Crippen LogP contribution in [0.1, 0.15) is 42.6 Å². The summed E-state index contributed by atoms with van der Waals surface area (Å²) in [6.45, 7) is 1.06. The molecule has 2 amide bonds. The Balaban J connectivity index is 1.53. The van der Waals surface area contributed by atoms with Gasteiger partial charge < -0.3 is 15.3 Å². The minimum atomic E-state index is -1.18. The Hall–Kier alpha value is -1.89. The zero-order valence-corrected chi connectivity index (χ0v) is 12.8. The number of rotatable bonds is 4. The molecule has 3 rings (SSSR count). The zero-order valence-electron chi connectivity index (χ0n) is 12.8. The minimum absolute atomic E-state index is 0.0233. The molecule has 1 saturated heterocycles. The number of hydrogen-bond donors (Lipinski definition) is 2. The molecule has 1 saturated carbocycles. The van der Waals surface area contributed by atoms with Crippen molar-refractivity contribution in [1.82, 2.24) is 20.0 Å². The SMILES string of the molecule is Cn1ccc(C(=O)NCC2CCN2C(=O)C2(O)CCCC2)n1. The van der Waals surface area contributed by atoms with Gasteiger partial charge in [0.05, 0.1) is 6.04 Å². The van der Waals surface area contributed by atoms with E-state index in [4.69, 9.17) is 0 Å². The fraction of sp³-hybridized carbons (Fsp3) is 0.667. The van der Waals surface area contributed by atoms with Crippen molar-refractivity contribution in [2.45, 2.75) is 43.7 Å². The first kappa shape index (κ1) is 15.0. The van der Waals surface area contributed by atoms with E-state index in [0.717, 1.165) is 19.3 Å². The highest BCUT2D eigenvalue weighted by Gasteiger charge is 2.45. The Morgan fingerprint density at radius 1 is 1.45 bits per heavy atom. The Morgan fingerprint density at radius 2 is 2.18 bits per heavy atom. The van der Waals surface area contributed by atoms with Gasteiger partial charge in [-0.3, -0.25) is 14.3 Å². The van der Waals surface area contributed by atoms with E-state index in [9.17, 15) is 14.7 Å². The normalized spacial score (nSPS) is 23.2. The third kappa shape index (κ3) is 2.72. The molecule has 2 fully saturated rings. The number of nitrogens with zero attached hydrogens (tertiary/aromatic N) is 3. The van der Waals surface area contributed by atoms with Gasteiger partial charge in [0.15, 0.2) is 0 Å². The lowest BCUT2D eigenvalue weighted by Crippen LogP contribution is -2.61. The highest BCUT2D eigenvalue weighted by atomic mass is 16.3. The first-order valence-corrected chi connectivity index (χ1v) is 7.81. The molecule has 0 aromatic carbocycles. The van der Waals surface area contributed by atoms with Crippen molar-refractivity contribution in [3.8, 4) is 0 Å². The fourth-order valence-corrected chi connectivity index (χ4v) is 3.20. The van der Waals surface area contributed by atoms with Crippen LogP contribution in [-0.4, -0.2) is 56.3 Å². The number of aromatic nitrogens is 2. The number of amides is 2. The predicted molar refractivity (Wildman–Crippen MR) is 79.1 cm³/mol. The van der Waals surface area contributed by atoms with E-state index < -0.39 is 5.60 Å². The predicted octanol–water partition coefficient (Wildman–Crippen LogP) is 0.0559. The summed E-state index contributed by atoms with van der Waals surface area (Å²) in [6, 6.07) is 1.63. The summed E-state index contributed by atoms with van der Waals surface area (Å²) in [5.41, 5.74) is -0.807. The van der Waals surface area contributed by atoms with Gasteiger partial charge in [-0.1, -0.05) is 0 Å². The van der Waals surface area contributed by atoms with Crippen LogP contribution in [-0.2, 0) is 11.8 Å². The molecule has 1 aromatic rings. The average molecular weight is 306 g/mol. The molecule has 1 aliphatic carbocycles. The van der Waals surface area contributed by atoms with Gasteiger partial charge in [0.2, 0.25) is 0 Å². The van der Waals surface area contributed by atoms with Crippen LogP contribution in [0.15, 0.2) is 12.3 Å². The van der Waals surface area contributed by atoms with E-state index in [1.54, 1.807) is 28.9 Å². The summed E-state index contributed by atoms with van der Waals surface area (Å²) in [4.78, 5) is 26.1. The lowest BCUT2D eigenvalue weighted by molar-refractivity contribution is -0.158. The first-order chi connectivity index (χ1) is 10.5. The van der Waals surface area contributed by atoms with Crippen LogP contribution in [0.4, 0.5) is 0 Å². The van der Waals surface area contributed by atoms with E-state index in [2.05, 4.69) is 10.4 Å². The molecule has 0 bridgehead atoms. The number of likely N-dealkylation sites (tertiary alicyclic amines) is 1. The topological polar surface area (TPSA) is 87.5 Å². The molecule has 120 valence electrons. The van der Waals surface area contributed by atoms with Crippen molar-refractivity contribution in [1.29, 1.82) is 0 Å². The zero-order chi connectivity index (χ0) is 15.7. The van der Waals surface area contributed by atoms with Gasteiger partial charge >= 0.3 is 0 Å². The van der Waals surface area contributed by atoms with Crippen molar-refractivity contribution in [3.63, 3.8) is 0 Å². The van der Waals surface area contributed by atoms with Crippen molar-refractivity contribution in [3.05, 3.63) is 18.0 Å². The maximum atomic E-state index is 12.4. The van der Waals surface area contributed by atoms with E-state index in [-0.39, 0.29) is 17.9 Å². The maximum absolute atomic E-state index is 12.4. The number of hydrogen-bond acceptors (Lipinski definition) is 4. The monoisotopic (exact) mass is 306 g/mol. The summed E-state index contributed by atoms with van der Waals surface area (Å²) in [5.74, 6) is -0.409. The smallest absolute Gasteiger partial charge is 0.271 e. The molecule has 1 unspecified atom stereocenters. The molecule has 1 atom stereocenters. The van der Waals surface area contributed by atoms with E-state index in [1.165, 1.54) is 0 Å². The highest BCUT2D eigenvalue weighted by Crippen LogP contribution is 2.33. The van der Waals surface area contributed by atoms with Crippen molar-refractivity contribution in [2.75, 3.05) is 13.1 Å². The number of aliphatic hydroxyl groups is 1. The average Bonchev–Trinajstić information content (AvgIpc) is 3.07. The van der Waals surface area contributed by atoms with Crippen molar-refractivity contribution >= 4 is 11.8 Å². The van der Waals surface area contributed by atoms with Gasteiger partial charge in [-0.15, -0.1) is 0 Å². The van der Waals surface area contributed by atoms with E-state index in [1.807, 2.05) is 0 Å². The Kier molecular flexibility index (Phi) is 3.90. The lowest BCUT2D eigenvalue weighted by atomic mass is 9.94. The molecule has 2 N–H and O–H groups in total. The Labute approximate surface area is 129 Å². The molecule has 0 spiro atoms. The van der Waals surface area contributed by atoms with Crippen LogP contribution in [0.3, 0.4) is 0 Å². The van der Waals surface area contributed by atoms with Crippen molar-refractivity contribution < 1.29 is 14.7 Å². The first-order valence-electron chi connectivity index (χ1n) is 7.81. The van der Waals surface area contributed by atoms with Crippen LogP contribution in [0, 0.1) is 0 Å². The molecule has 1 aromatic heterocycles. The number of carbonyl (C=O) groups excluding carboxylic acids is 2. The van der Waals surface area contributed by atoms with Crippen LogP contribution < -0.4 is 5.32 Å². The van der Waals surface area contributed by atoms with Crippen LogP contribution >= 0.6 is 0 Å². The second kappa shape index (κ2) is 5.72. The largest absolute Gasteiger partial charge is 0.380 e. The molecule has 0 radical (unpaired) electrons. The molecule has 2 heterocycles. The minimum Gasteiger partial charge on any atom is -0.380 e. The van der Waals surface area contributed by atoms with Crippen LogP contribution in [0.5, 0.6) is 0 Å². The highest BCUT2D eigenvalue weighted by molar-refractivity contribution is 5.92. The summed E-state index contributed by atoms with van der Waals surface area (Å²) in [6.07, 6.45) is 5.47. The van der Waals surface area contributed by atoms with Gasteiger partial charge in [-0.2, -0.15) is 5.10 Å². The number of nitrogens with one attached hydrogen (secondary N) is 1. The molecular formula is C15H22N4O3. The molecule has 7 heteroatoms. The third-order valence-electron chi connectivity index (χ3n) is 4.68. The molecule has 2 aliphatic rings. The number of carbonyl (C=O) groups is 2. The van der Waals surface area contributed by atoms with Gasteiger partial charge in [-0.25, -0.2) is 0 Å². The maximum Gasteiger partial charge on any atom is 0.271 e. The Morgan fingerprint density at radius 3 is 2.73 bits per heavy atom. The quantitative estimate of drug-likeness (QED) is 0.823. The van der Waals surface area contributed by atoms with Crippen molar-refractivity contribution in [2.24, 2.45) is 7.05 Å². The lowest BCUT2D eigenvalue weighted by Gasteiger charge is -2.44. The van der Waals surface area contributed by atoms with Crippen LogP contribution in [0.2, 0.25) is 0 Å². The second-order valence-electron chi connectivity index (χ2n) is 6.26. The summed E-state index contributed by atoms with van der Waals surface area (Å²) >= 11 is 0. The van der Waals surface area contributed by atoms with Gasteiger partial charge in [0.1, 0.15) is 11.3 Å². The summed E-state index contributed by atoms with van der Waals surface area (Å²) in [5, 5.41) is 17.2. The van der Waals surface area contributed by atoms with Gasteiger partial charge in [0.25, 0.3) is 11.8 Å². The molecule has 7 nitrogen and oxygen atoms in total. The third-order valence-corrected chi connectivity index (χ3v) is 4.68. The second-order valence-corrected chi connectivity index (χ2v) is 6.26. The standard InChI is InChI=1S/C15H22N4O3/c1-18-8-5-12(17-18)13(20)16-10-11-4-9-19(11)14(21)15(22)6-2-3-7-15/h5,8,11,22H,2-4,6-7,9-10H2,1H3,(H,16,20). The van der Waals surface area contributed by atoms with Crippen LogP contribution in [0.25, 0.3) is 0 Å². The van der Waals surface area contributed by atoms with E-state index >= 15 is 0 Å². The molecule has 1 aliphatic heterocycles. The van der Waals surface area contributed by atoms with E-state index in [0.29, 0.717) is 31.6 Å². The summed E-state index contributed by atoms with van der Waals surface area (Å²) < 4.78 is 1.57. The van der Waals surface area contributed by atoms with Gasteiger partial charge in [0, 0.05) is 26.3 Å².